The number of nitrogens with zero attached hydrogens (tertiary/aromatic N) is 1. The topological polar surface area (TPSA) is 89.6 Å². The molecule has 1 aliphatic carbocycles. The summed E-state index contributed by atoms with van der Waals surface area (Å²) in [5.41, 5.74) is 1.20. The molecule has 0 spiro atoms. The molecule has 0 aromatic carbocycles. The average Bonchev–Trinajstić information content (AvgIpc) is 2.74. The molecule has 0 unspecified atom stereocenters. The van der Waals surface area contributed by atoms with Gasteiger partial charge in [0, 0.05) is 23.8 Å². The molecule has 1 aliphatic heterocycles. The Morgan fingerprint density at radius 2 is 2.00 bits per heavy atom. The third-order valence-electron chi connectivity index (χ3n) is 6.23. The van der Waals surface area contributed by atoms with Crippen LogP contribution in [0.3, 0.4) is 0 Å². The van der Waals surface area contributed by atoms with Crippen LogP contribution in [0.15, 0.2) is 18.3 Å². The molecule has 2 fully saturated rings. The Balaban J connectivity index is 1.50. The standard InChI is InChI=1S/C22H37N3O4S/c1-4-28-22-19(7-5-14-24-22)17-9-11-18(12-10-17)29-15-21-20(8-6-13-23-21)25-30(26,27)16(2)3/h5,7,14,16-18,20-21,23,25H,4,6,8-13,15H2,1-3H3/t17?,18?,20-,21-/m0/s1. The van der Waals surface area contributed by atoms with E-state index >= 15 is 0 Å². The number of rotatable bonds is 9. The van der Waals surface area contributed by atoms with E-state index in [1.165, 1.54) is 5.56 Å². The van der Waals surface area contributed by atoms with Gasteiger partial charge in [0.15, 0.2) is 0 Å². The highest BCUT2D eigenvalue weighted by Gasteiger charge is 2.31. The zero-order valence-electron chi connectivity index (χ0n) is 18.5. The van der Waals surface area contributed by atoms with Gasteiger partial charge in [0.25, 0.3) is 0 Å². The Morgan fingerprint density at radius 1 is 1.23 bits per heavy atom. The molecule has 2 heterocycles. The van der Waals surface area contributed by atoms with Crippen molar-refractivity contribution in [2.24, 2.45) is 0 Å². The summed E-state index contributed by atoms with van der Waals surface area (Å²) in [5, 5.41) is 3.02. The summed E-state index contributed by atoms with van der Waals surface area (Å²) in [5.74, 6) is 1.22. The number of nitrogens with one attached hydrogen (secondary N) is 2. The number of pyridine rings is 1. The van der Waals surface area contributed by atoms with Crippen molar-refractivity contribution in [2.75, 3.05) is 19.8 Å². The first-order valence-electron chi connectivity index (χ1n) is 11.3. The van der Waals surface area contributed by atoms with Gasteiger partial charge in [-0.15, -0.1) is 0 Å². The molecular formula is C22H37N3O4S. The van der Waals surface area contributed by atoms with E-state index in [0.717, 1.165) is 50.9 Å². The van der Waals surface area contributed by atoms with E-state index < -0.39 is 15.3 Å². The first-order chi connectivity index (χ1) is 14.4. The SMILES string of the molecule is CCOc1ncccc1C1CCC(OC[C@@H]2NCCC[C@@H]2NS(=O)(=O)C(C)C)CC1. The number of piperidine rings is 1. The smallest absolute Gasteiger partial charge is 0.216 e. The molecule has 0 amide bonds. The fourth-order valence-corrected chi connectivity index (χ4v) is 5.34. The Labute approximate surface area is 181 Å². The van der Waals surface area contributed by atoms with Crippen molar-refractivity contribution >= 4 is 10.0 Å². The number of sulfonamides is 1. The fraction of sp³-hybridized carbons (Fsp3) is 0.773. The van der Waals surface area contributed by atoms with E-state index in [-0.39, 0.29) is 18.2 Å². The molecule has 1 aromatic heterocycles. The van der Waals surface area contributed by atoms with E-state index in [4.69, 9.17) is 9.47 Å². The van der Waals surface area contributed by atoms with Gasteiger partial charge in [0.2, 0.25) is 15.9 Å². The van der Waals surface area contributed by atoms with E-state index in [0.29, 0.717) is 19.1 Å². The minimum absolute atomic E-state index is 0.0212. The molecule has 30 heavy (non-hydrogen) atoms. The lowest BCUT2D eigenvalue weighted by Crippen LogP contribution is -2.56. The van der Waals surface area contributed by atoms with Gasteiger partial charge in [-0.05, 0) is 77.8 Å². The second-order valence-corrected chi connectivity index (χ2v) is 10.9. The van der Waals surface area contributed by atoms with Crippen LogP contribution in [-0.4, -0.2) is 56.6 Å². The third-order valence-corrected chi connectivity index (χ3v) is 8.10. The lowest BCUT2D eigenvalue weighted by molar-refractivity contribution is 0.00505. The van der Waals surface area contributed by atoms with Crippen LogP contribution in [0.1, 0.15) is 70.8 Å². The van der Waals surface area contributed by atoms with Crippen LogP contribution in [0.25, 0.3) is 0 Å². The summed E-state index contributed by atoms with van der Waals surface area (Å²) >= 11 is 0. The summed E-state index contributed by atoms with van der Waals surface area (Å²) in [6, 6.07) is 4.02. The molecule has 2 N–H and O–H groups in total. The normalized spacial score (nSPS) is 27.9. The van der Waals surface area contributed by atoms with Gasteiger partial charge in [-0.3, -0.25) is 0 Å². The van der Waals surface area contributed by atoms with Crippen molar-refractivity contribution in [1.82, 2.24) is 15.0 Å². The highest BCUT2D eigenvalue weighted by molar-refractivity contribution is 7.90. The van der Waals surface area contributed by atoms with Gasteiger partial charge in [-0.25, -0.2) is 18.1 Å². The van der Waals surface area contributed by atoms with Crippen LogP contribution in [0.5, 0.6) is 5.88 Å². The van der Waals surface area contributed by atoms with Crippen LogP contribution >= 0.6 is 0 Å². The molecule has 2 aliphatic rings. The predicted octanol–water partition coefficient (Wildman–Crippen LogP) is 2.97. The highest BCUT2D eigenvalue weighted by Crippen LogP contribution is 2.37. The van der Waals surface area contributed by atoms with Gasteiger partial charge in [-0.1, -0.05) is 6.07 Å². The zero-order valence-corrected chi connectivity index (χ0v) is 19.3. The van der Waals surface area contributed by atoms with Crippen molar-refractivity contribution in [3.8, 4) is 5.88 Å². The van der Waals surface area contributed by atoms with Gasteiger partial charge in [-0.2, -0.15) is 0 Å². The first kappa shape index (κ1) is 23.4. The van der Waals surface area contributed by atoms with Crippen LogP contribution in [0.2, 0.25) is 0 Å². The summed E-state index contributed by atoms with van der Waals surface area (Å²) in [6.45, 7) is 7.47. The number of ether oxygens (including phenoxy) is 2. The van der Waals surface area contributed by atoms with Crippen molar-refractivity contribution in [3.63, 3.8) is 0 Å². The Morgan fingerprint density at radius 3 is 2.70 bits per heavy atom. The summed E-state index contributed by atoms with van der Waals surface area (Å²) in [7, 11) is -3.28. The molecule has 1 saturated carbocycles. The number of hydrogen-bond acceptors (Lipinski definition) is 6. The van der Waals surface area contributed by atoms with Gasteiger partial charge in [0.1, 0.15) is 0 Å². The maximum absolute atomic E-state index is 12.3. The highest BCUT2D eigenvalue weighted by atomic mass is 32.2. The van der Waals surface area contributed by atoms with E-state index in [1.807, 2.05) is 13.0 Å². The Bertz CT molecular complexity index is 763. The molecule has 2 atom stereocenters. The lowest BCUT2D eigenvalue weighted by Gasteiger charge is -2.35. The van der Waals surface area contributed by atoms with Crippen molar-refractivity contribution in [1.29, 1.82) is 0 Å². The largest absolute Gasteiger partial charge is 0.478 e. The third kappa shape index (κ3) is 6.15. The molecule has 8 heteroatoms. The van der Waals surface area contributed by atoms with Crippen LogP contribution in [0, 0.1) is 0 Å². The molecule has 1 aromatic rings. The number of aromatic nitrogens is 1. The van der Waals surface area contributed by atoms with Crippen LogP contribution in [-0.2, 0) is 14.8 Å². The van der Waals surface area contributed by atoms with E-state index in [2.05, 4.69) is 21.1 Å². The molecule has 1 saturated heterocycles. The zero-order chi connectivity index (χ0) is 21.6. The quantitative estimate of drug-likeness (QED) is 0.615. The Hall–Kier alpha value is -1.22. The molecule has 0 bridgehead atoms. The van der Waals surface area contributed by atoms with Gasteiger partial charge >= 0.3 is 0 Å². The van der Waals surface area contributed by atoms with E-state index in [1.54, 1.807) is 20.0 Å². The second-order valence-electron chi connectivity index (χ2n) is 8.66. The monoisotopic (exact) mass is 439 g/mol. The molecule has 0 radical (unpaired) electrons. The minimum atomic E-state index is -3.28. The average molecular weight is 440 g/mol. The van der Waals surface area contributed by atoms with Crippen molar-refractivity contribution < 1.29 is 17.9 Å². The minimum Gasteiger partial charge on any atom is -0.478 e. The van der Waals surface area contributed by atoms with Crippen molar-refractivity contribution in [2.45, 2.75) is 88.7 Å². The molecule has 7 nitrogen and oxygen atoms in total. The molecule has 170 valence electrons. The Kier molecular flexibility index (Phi) is 8.51. The predicted molar refractivity (Wildman–Crippen MR) is 118 cm³/mol. The second kappa shape index (κ2) is 10.9. The summed E-state index contributed by atoms with van der Waals surface area (Å²) < 4.78 is 39.4. The molecule has 3 rings (SSSR count). The summed E-state index contributed by atoms with van der Waals surface area (Å²) in [4.78, 5) is 4.39. The van der Waals surface area contributed by atoms with Crippen molar-refractivity contribution in [3.05, 3.63) is 23.9 Å². The molecular weight excluding hydrogens is 402 g/mol. The lowest BCUT2D eigenvalue weighted by atomic mass is 9.83. The van der Waals surface area contributed by atoms with Gasteiger partial charge < -0.3 is 14.8 Å². The van der Waals surface area contributed by atoms with Crippen LogP contribution < -0.4 is 14.8 Å². The summed E-state index contributed by atoms with van der Waals surface area (Å²) in [6.07, 6.45) is 7.93. The van der Waals surface area contributed by atoms with E-state index in [9.17, 15) is 8.42 Å². The maximum Gasteiger partial charge on any atom is 0.216 e. The van der Waals surface area contributed by atoms with Gasteiger partial charge in [0.05, 0.1) is 24.6 Å². The first-order valence-corrected chi connectivity index (χ1v) is 12.9. The fourth-order valence-electron chi connectivity index (χ4n) is 4.37. The maximum atomic E-state index is 12.3. The number of hydrogen-bond donors (Lipinski definition) is 2. The van der Waals surface area contributed by atoms with Crippen LogP contribution in [0.4, 0.5) is 0 Å².